The van der Waals surface area contributed by atoms with Gasteiger partial charge in [0.2, 0.25) is 5.91 Å². The predicted octanol–water partition coefficient (Wildman–Crippen LogP) is 3.54. The van der Waals surface area contributed by atoms with Crippen LogP contribution in [0.5, 0.6) is 0 Å². The fourth-order valence-corrected chi connectivity index (χ4v) is 2.57. The fraction of sp³-hybridized carbons (Fsp3) is 0.529. The van der Waals surface area contributed by atoms with Crippen molar-refractivity contribution < 1.29 is 4.79 Å². The van der Waals surface area contributed by atoms with Gasteiger partial charge >= 0.3 is 0 Å². The molecule has 1 saturated heterocycles. The number of amides is 1. The predicted molar refractivity (Wildman–Crippen MR) is 96.3 cm³/mol. The summed E-state index contributed by atoms with van der Waals surface area (Å²) in [5.74, 6) is -0.0880. The van der Waals surface area contributed by atoms with Crippen LogP contribution in [0.2, 0.25) is 0 Å². The average Bonchev–Trinajstić information content (AvgIpc) is 2.48. The highest BCUT2D eigenvalue weighted by atomic mass is 32.1. The van der Waals surface area contributed by atoms with E-state index >= 15 is 0 Å². The molecular formula is C17H25N3OS. The highest BCUT2D eigenvalue weighted by Crippen LogP contribution is 2.21. The van der Waals surface area contributed by atoms with Crippen LogP contribution in [0.1, 0.15) is 40.0 Å². The Balaban J connectivity index is 1.90. The zero-order valence-electron chi connectivity index (χ0n) is 13.6. The van der Waals surface area contributed by atoms with Crippen LogP contribution in [0.3, 0.4) is 0 Å². The lowest BCUT2D eigenvalue weighted by Crippen LogP contribution is -2.41. The number of carbonyl (C=O) groups is 1. The van der Waals surface area contributed by atoms with E-state index in [0.29, 0.717) is 5.11 Å². The molecule has 5 heteroatoms. The Morgan fingerprint density at radius 3 is 2.23 bits per heavy atom. The minimum absolute atomic E-state index is 0.0880. The summed E-state index contributed by atoms with van der Waals surface area (Å²) in [4.78, 5) is 14.3. The van der Waals surface area contributed by atoms with Gasteiger partial charge in [-0.3, -0.25) is 4.79 Å². The van der Waals surface area contributed by atoms with Gasteiger partial charge in [0, 0.05) is 29.9 Å². The molecular weight excluding hydrogens is 294 g/mol. The van der Waals surface area contributed by atoms with Crippen LogP contribution in [0, 0.1) is 5.41 Å². The maximum atomic E-state index is 11.9. The first kappa shape index (κ1) is 16.7. The average molecular weight is 319 g/mol. The number of hydrogen-bond donors (Lipinski definition) is 2. The normalized spacial score (nSPS) is 15.3. The molecule has 1 fully saturated rings. The van der Waals surface area contributed by atoms with Gasteiger partial charge < -0.3 is 15.5 Å². The summed E-state index contributed by atoms with van der Waals surface area (Å²) in [6.45, 7) is 7.84. The first-order valence-corrected chi connectivity index (χ1v) is 8.24. The van der Waals surface area contributed by atoms with E-state index in [4.69, 9.17) is 12.2 Å². The van der Waals surface area contributed by atoms with Crippen molar-refractivity contribution >= 4 is 34.6 Å². The molecule has 1 aromatic rings. The van der Waals surface area contributed by atoms with Gasteiger partial charge in [0.15, 0.2) is 5.11 Å². The van der Waals surface area contributed by atoms with Crippen molar-refractivity contribution in [3.63, 3.8) is 0 Å². The van der Waals surface area contributed by atoms with E-state index in [1.54, 1.807) is 0 Å². The zero-order valence-corrected chi connectivity index (χ0v) is 14.4. The number of benzene rings is 1. The third-order valence-electron chi connectivity index (χ3n) is 3.75. The highest BCUT2D eigenvalue weighted by molar-refractivity contribution is 7.80. The van der Waals surface area contributed by atoms with Crippen LogP contribution in [-0.2, 0) is 4.79 Å². The third-order valence-corrected chi connectivity index (χ3v) is 3.96. The van der Waals surface area contributed by atoms with Crippen LogP contribution in [-0.4, -0.2) is 24.1 Å². The Bertz CT molecular complexity index is 528. The number of anilines is 2. The van der Waals surface area contributed by atoms with Gasteiger partial charge in [-0.05, 0) is 55.7 Å². The Morgan fingerprint density at radius 2 is 1.68 bits per heavy atom. The van der Waals surface area contributed by atoms with E-state index in [2.05, 4.69) is 27.7 Å². The minimum atomic E-state index is -0.455. The lowest BCUT2D eigenvalue weighted by molar-refractivity contribution is -0.126. The SMILES string of the molecule is CC(C)(C)C(=O)NC(=S)Nc1ccc(N2CCCCC2)cc1. The molecule has 0 atom stereocenters. The van der Waals surface area contributed by atoms with Crippen molar-refractivity contribution in [1.29, 1.82) is 0 Å². The van der Waals surface area contributed by atoms with Crippen LogP contribution >= 0.6 is 12.2 Å². The van der Waals surface area contributed by atoms with Crippen LogP contribution in [0.15, 0.2) is 24.3 Å². The molecule has 1 aliphatic heterocycles. The lowest BCUT2D eigenvalue weighted by Gasteiger charge is -2.29. The van der Waals surface area contributed by atoms with E-state index in [1.165, 1.54) is 24.9 Å². The maximum absolute atomic E-state index is 11.9. The second-order valence-electron chi connectivity index (χ2n) is 6.75. The molecule has 1 aromatic carbocycles. The molecule has 0 unspecified atom stereocenters. The molecule has 22 heavy (non-hydrogen) atoms. The Labute approximate surface area is 138 Å². The smallest absolute Gasteiger partial charge is 0.231 e. The number of carbonyl (C=O) groups excluding carboxylic acids is 1. The summed E-state index contributed by atoms with van der Waals surface area (Å²) in [5.41, 5.74) is 1.68. The van der Waals surface area contributed by atoms with Crippen LogP contribution in [0.4, 0.5) is 11.4 Å². The molecule has 2 rings (SSSR count). The fourth-order valence-electron chi connectivity index (χ4n) is 2.36. The second-order valence-corrected chi connectivity index (χ2v) is 7.16. The molecule has 1 heterocycles. The molecule has 0 saturated carbocycles. The molecule has 0 radical (unpaired) electrons. The van der Waals surface area contributed by atoms with Crippen LogP contribution in [0.25, 0.3) is 0 Å². The summed E-state index contributed by atoms with van der Waals surface area (Å²) >= 11 is 5.19. The number of nitrogens with one attached hydrogen (secondary N) is 2. The minimum Gasteiger partial charge on any atom is -0.372 e. The molecule has 120 valence electrons. The summed E-state index contributed by atoms with van der Waals surface area (Å²) in [5, 5.41) is 6.11. The molecule has 4 nitrogen and oxygen atoms in total. The van der Waals surface area contributed by atoms with E-state index in [1.807, 2.05) is 32.9 Å². The summed E-state index contributed by atoms with van der Waals surface area (Å²) in [7, 11) is 0. The van der Waals surface area contributed by atoms with E-state index < -0.39 is 5.41 Å². The summed E-state index contributed by atoms with van der Waals surface area (Å²) in [6.07, 6.45) is 3.86. The van der Waals surface area contributed by atoms with Crippen molar-refractivity contribution in [2.75, 3.05) is 23.3 Å². The van der Waals surface area contributed by atoms with Gasteiger partial charge in [0.25, 0.3) is 0 Å². The van der Waals surface area contributed by atoms with Crippen molar-refractivity contribution in [3.05, 3.63) is 24.3 Å². The van der Waals surface area contributed by atoms with E-state index in [0.717, 1.165) is 18.8 Å². The molecule has 1 amide bonds. The largest absolute Gasteiger partial charge is 0.372 e. The summed E-state index contributed by atoms with van der Waals surface area (Å²) in [6, 6.07) is 8.20. The number of piperidine rings is 1. The molecule has 0 bridgehead atoms. The second kappa shape index (κ2) is 7.09. The highest BCUT2D eigenvalue weighted by Gasteiger charge is 2.22. The quantitative estimate of drug-likeness (QED) is 0.819. The van der Waals surface area contributed by atoms with Gasteiger partial charge in [-0.25, -0.2) is 0 Å². The van der Waals surface area contributed by atoms with Crippen molar-refractivity contribution in [1.82, 2.24) is 5.32 Å². The lowest BCUT2D eigenvalue weighted by atomic mass is 9.96. The third kappa shape index (κ3) is 4.70. The maximum Gasteiger partial charge on any atom is 0.231 e. The van der Waals surface area contributed by atoms with Gasteiger partial charge in [-0.1, -0.05) is 20.8 Å². The van der Waals surface area contributed by atoms with Crippen molar-refractivity contribution in [3.8, 4) is 0 Å². The number of nitrogens with zero attached hydrogens (tertiary/aromatic N) is 1. The van der Waals surface area contributed by atoms with Gasteiger partial charge in [0.05, 0.1) is 0 Å². The topological polar surface area (TPSA) is 44.4 Å². The first-order valence-electron chi connectivity index (χ1n) is 7.84. The van der Waals surface area contributed by atoms with E-state index in [9.17, 15) is 4.79 Å². The van der Waals surface area contributed by atoms with E-state index in [-0.39, 0.29) is 5.91 Å². The molecule has 0 aromatic heterocycles. The van der Waals surface area contributed by atoms with Gasteiger partial charge in [-0.2, -0.15) is 0 Å². The number of thiocarbonyl (C=S) groups is 1. The Morgan fingerprint density at radius 1 is 1.09 bits per heavy atom. The summed E-state index contributed by atoms with van der Waals surface area (Å²) < 4.78 is 0. The number of rotatable bonds is 2. The van der Waals surface area contributed by atoms with Crippen LogP contribution < -0.4 is 15.5 Å². The first-order chi connectivity index (χ1) is 10.4. The monoisotopic (exact) mass is 319 g/mol. The van der Waals surface area contributed by atoms with Crippen molar-refractivity contribution in [2.24, 2.45) is 5.41 Å². The zero-order chi connectivity index (χ0) is 16.2. The molecule has 1 aliphatic rings. The Kier molecular flexibility index (Phi) is 5.40. The molecule has 0 aliphatic carbocycles. The molecule has 2 N–H and O–H groups in total. The van der Waals surface area contributed by atoms with Gasteiger partial charge in [0.1, 0.15) is 0 Å². The Hall–Kier alpha value is -1.62. The molecule has 0 spiro atoms. The number of hydrogen-bond acceptors (Lipinski definition) is 3. The van der Waals surface area contributed by atoms with Gasteiger partial charge in [-0.15, -0.1) is 0 Å². The standard InChI is InChI=1S/C17H25N3OS/c1-17(2,3)15(21)19-16(22)18-13-7-9-14(10-8-13)20-11-5-4-6-12-20/h7-10H,4-6,11-12H2,1-3H3,(H2,18,19,21,22). The van der Waals surface area contributed by atoms with Crippen molar-refractivity contribution in [2.45, 2.75) is 40.0 Å².